The van der Waals surface area contributed by atoms with Crippen LogP contribution in [-0.4, -0.2) is 17.5 Å². The van der Waals surface area contributed by atoms with Crippen molar-refractivity contribution in [3.8, 4) is 5.75 Å². The number of hydrogen-bond donors (Lipinski definition) is 1. The van der Waals surface area contributed by atoms with Crippen LogP contribution in [0.1, 0.15) is 15.9 Å². The van der Waals surface area contributed by atoms with E-state index in [2.05, 4.69) is 4.98 Å². The van der Waals surface area contributed by atoms with Crippen molar-refractivity contribution in [1.29, 1.82) is 0 Å². The quantitative estimate of drug-likeness (QED) is 0.777. The smallest absolute Gasteiger partial charge is 0.248 e. The number of amides is 1. The number of primary amides is 1. The van der Waals surface area contributed by atoms with Crippen LogP contribution in [0.2, 0.25) is 0 Å². The molecular weight excluding hydrogens is 204 g/mol. The molecule has 16 heavy (non-hydrogen) atoms. The Bertz CT molecular complexity index is 593. The summed E-state index contributed by atoms with van der Waals surface area (Å²) in [5.74, 6) is 0.450. The lowest BCUT2D eigenvalue weighted by Crippen LogP contribution is -2.10. The number of aromatic nitrogens is 1. The molecule has 0 bridgehead atoms. The van der Waals surface area contributed by atoms with Gasteiger partial charge in [-0.05, 0) is 18.2 Å². The van der Waals surface area contributed by atoms with E-state index < -0.39 is 5.91 Å². The lowest BCUT2D eigenvalue weighted by molar-refractivity contribution is 0.100. The summed E-state index contributed by atoms with van der Waals surface area (Å²) in [5, 5.41) is 0.944. The molecule has 4 heteroatoms. The highest BCUT2D eigenvalue weighted by atomic mass is 16.5. The van der Waals surface area contributed by atoms with Crippen LogP contribution in [0.25, 0.3) is 10.9 Å². The Kier molecular flexibility index (Phi) is 1.83. The molecular formula is C12H10N2O2. The third-order valence-electron chi connectivity index (χ3n) is 2.80. The van der Waals surface area contributed by atoms with Crippen molar-refractivity contribution in [3.05, 3.63) is 35.5 Å². The summed E-state index contributed by atoms with van der Waals surface area (Å²) in [4.78, 5) is 15.3. The first kappa shape index (κ1) is 9.15. The van der Waals surface area contributed by atoms with E-state index >= 15 is 0 Å². The Labute approximate surface area is 92.0 Å². The molecule has 0 aliphatic carbocycles. The summed E-state index contributed by atoms with van der Waals surface area (Å²) in [6, 6.07) is 5.24. The fourth-order valence-corrected chi connectivity index (χ4v) is 1.97. The number of carbonyl (C=O) groups is 1. The minimum Gasteiger partial charge on any atom is -0.492 e. The number of benzene rings is 1. The SMILES string of the molecule is NC(=O)c1ccc2c3c(cnc2c1)CCO3. The first-order valence-electron chi connectivity index (χ1n) is 5.10. The van der Waals surface area contributed by atoms with Crippen molar-refractivity contribution in [3.63, 3.8) is 0 Å². The van der Waals surface area contributed by atoms with E-state index in [4.69, 9.17) is 10.5 Å². The number of ether oxygens (including phenoxy) is 1. The van der Waals surface area contributed by atoms with Crippen molar-refractivity contribution in [2.24, 2.45) is 5.73 Å². The van der Waals surface area contributed by atoms with E-state index in [9.17, 15) is 4.79 Å². The maximum absolute atomic E-state index is 11.0. The Hall–Kier alpha value is -2.10. The summed E-state index contributed by atoms with van der Waals surface area (Å²) < 4.78 is 5.56. The third kappa shape index (κ3) is 1.23. The predicted octanol–water partition coefficient (Wildman–Crippen LogP) is 1.27. The first-order valence-corrected chi connectivity index (χ1v) is 5.10. The zero-order chi connectivity index (χ0) is 11.1. The van der Waals surface area contributed by atoms with Crippen molar-refractivity contribution in [2.45, 2.75) is 6.42 Å². The van der Waals surface area contributed by atoms with Gasteiger partial charge in [-0.1, -0.05) is 0 Å². The molecule has 1 amide bonds. The lowest BCUT2D eigenvalue weighted by Gasteiger charge is -2.04. The Morgan fingerprint density at radius 1 is 1.44 bits per heavy atom. The first-order chi connectivity index (χ1) is 7.75. The van der Waals surface area contributed by atoms with Crippen molar-refractivity contribution in [1.82, 2.24) is 4.98 Å². The van der Waals surface area contributed by atoms with Crippen LogP contribution < -0.4 is 10.5 Å². The van der Waals surface area contributed by atoms with Gasteiger partial charge in [0.25, 0.3) is 0 Å². The Morgan fingerprint density at radius 2 is 2.31 bits per heavy atom. The molecule has 2 N–H and O–H groups in total. The number of nitrogens with two attached hydrogens (primary N) is 1. The van der Waals surface area contributed by atoms with Gasteiger partial charge in [-0.3, -0.25) is 9.78 Å². The second-order valence-electron chi connectivity index (χ2n) is 3.81. The van der Waals surface area contributed by atoms with E-state index in [1.54, 1.807) is 18.3 Å². The van der Waals surface area contributed by atoms with Gasteiger partial charge in [-0.25, -0.2) is 0 Å². The number of fused-ring (bicyclic) bond motifs is 3. The van der Waals surface area contributed by atoms with E-state index in [-0.39, 0.29) is 0 Å². The van der Waals surface area contributed by atoms with Gasteiger partial charge in [0.2, 0.25) is 5.91 Å². The second kappa shape index (κ2) is 3.20. The molecule has 4 nitrogen and oxygen atoms in total. The van der Waals surface area contributed by atoms with Gasteiger partial charge in [0.05, 0.1) is 12.1 Å². The van der Waals surface area contributed by atoms with Crippen molar-refractivity contribution >= 4 is 16.8 Å². The average molecular weight is 214 g/mol. The fourth-order valence-electron chi connectivity index (χ4n) is 1.97. The number of carbonyl (C=O) groups excluding carboxylic acids is 1. The van der Waals surface area contributed by atoms with Crippen LogP contribution in [0.15, 0.2) is 24.4 Å². The number of nitrogens with zero attached hydrogens (tertiary/aromatic N) is 1. The van der Waals surface area contributed by atoms with Crippen molar-refractivity contribution < 1.29 is 9.53 Å². The van der Waals surface area contributed by atoms with E-state index in [0.29, 0.717) is 12.2 Å². The molecule has 0 radical (unpaired) electrons. The topological polar surface area (TPSA) is 65.2 Å². The fraction of sp³-hybridized carbons (Fsp3) is 0.167. The number of pyridine rings is 1. The van der Waals surface area contributed by atoms with Crippen LogP contribution in [0.5, 0.6) is 5.75 Å². The second-order valence-corrected chi connectivity index (χ2v) is 3.81. The normalized spacial score (nSPS) is 13.5. The summed E-state index contributed by atoms with van der Waals surface area (Å²) in [6.45, 7) is 0.702. The minimum absolute atomic E-state index is 0.440. The number of rotatable bonds is 1. The van der Waals surface area contributed by atoms with Gasteiger partial charge in [0, 0.05) is 29.1 Å². The van der Waals surface area contributed by atoms with Crippen LogP contribution in [0, 0.1) is 0 Å². The third-order valence-corrected chi connectivity index (χ3v) is 2.80. The molecule has 1 aromatic carbocycles. The van der Waals surface area contributed by atoms with Crippen LogP contribution in [0.3, 0.4) is 0 Å². The molecule has 0 spiro atoms. The molecule has 0 saturated heterocycles. The highest BCUT2D eigenvalue weighted by molar-refractivity contribution is 5.98. The zero-order valence-electron chi connectivity index (χ0n) is 8.56. The average Bonchev–Trinajstić information content (AvgIpc) is 2.76. The molecule has 1 aliphatic rings. The molecule has 0 atom stereocenters. The van der Waals surface area contributed by atoms with Crippen molar-refractivity contribution in [2.75, 3.05) is 6.61 Å². The summed E-state index contributed by atoms with van der Waals surface area (Å²) >= 11 is 0. The molecule has 0 unspecified atom stereocenters. The minimum atomic E-state index is -0.440. The summed E-state index contributed by atoms with van der Waals surface area (Å²) in [6.07, 6.45) is 2.70. The number of hydrogen-bond acceptors (Lipinski definition) is 3. The Morgan fingerprint density at radius 3 is 3.12 bits per heavy atom. The summed E-state index contributed by atoms with van der Waals surface area (Å²) in [5.41, 5.74) is 7.56. The molecule has 80 valence electrons. The molecule has 1 aromatic heterocycles. The standard InChI is InChI=1S/C12H10N2O2/c13-12(15)7-1-2-9-10(5-7)14-6-8-3-4-16-11(8)9/h1-2,5-6H,3-4H2,(H2,13,15). The summed E-state index contributed by atoms with van der Waals surface area (Å²) in [7, 11) is 0. The van der Waals surface area contributed by atoms with Gasteiger partial charge in [0.15, 0.2) is 0 Å². The van der Waals surface area contributed by atoms with Gasteiger partial charge >= 0.3 is 0 Å². The molecule has 1 aliphatic heterocycles. The largest absolute Gasteiger partial charge is 0.492 e. The Balaban J connectivity index is 2.28. The van der Waals surface area contributed by atoms with Gasteiger partial charge in [0.1, 0.15) is 5.75 Å². The van der Waals surface area contributed by atoms with E-state index in [0.717, 1.165) is 28.6 Å². The van der Waals surface area contributed by atoms with Gasteiger partial charge < -0.3 is 10.5 Å². The van der Waals surface area contributed by atoms with Gasteiger partial charge in [-0.2, -0.15) is 0 Å². The van der Waals surface area contributed by atoms with E-state index in [1.807, 2.05) is 6.07 Å². The predicted molar refractivity (Wildman–Crippen MR) is 59.5 cm³/mol. The molecule has 0 saturated carbocycles. The van der Waals surface area contributed by atoms with Gasteiger partial charge in [-0.15, -0.1) is 0 Å². The van der Waals surface area contributed by atoms with E-state index in [1.165, 1.54) is 0 Å². The van der Waals surface area contributed by atoms with Crippen LogP contribution in [-0.2, 0) is 6.42 Å². The molecule has 2 aromatic rings. The monoisotopic (exact) mass is 214 g/mol. The molecule has 2 heterocycles. The highest BCUT2D eigenvalue weighted by Crippen LogP contribution is 2.32. The maximum atomic E-state index is 11.0. The maximum Gasteiger partial charge on any atom is 0.248 e. The highest BCUT2D eigenvalue weighted by Gasteiger charge is 2.16. The molecule has 0 fully saturated rings. The molecule has 3 rings (SSSR count). The zero-order valence-corrected chi connectivity index (χ0v) is 8.56. The van der Waals surface area contributed by atoms with Crippen LogP contribution >= 0.6 is 0 Å². The van der Waals surface area contributed by atoms with Crippen LogP contribution in [0.4, 0.5) is 0 Å². The lowest BCUT2D eigenvalue weighted by atomic mass is 10.1.